The molecule has 0 bridgehead atoms. The van der Waals surface area contributed by atoms with Crippen LogP contribution in [0.3, 0.4) is 0 Å². The molecule has 0 aromatic heterocycles. The Labute approximate surface area is 283 Å². The number of hydrogen-bond acceptors (Lipinski definition) is 4. The summed E-state index contributed by atoms with van der Waals surface area (Å²) in [6.07, 6.45) is 0. The van der Waals surface area contributed by atoms with E-state index in [-0.39, 0.29) is 0 Å². The molecule has 0 spiro atoms. The highest BCUT2D eigenvalue weighted by atomic mass is 28.4. The molecule has 3 aromatic rings. The fourth-order valence-electron chi connectivity index (χ4n) is 6.06. The van der Waals surface area contributed by atoms with E-state index in [4.69, 9.17) is 17.7 Å². The lowest BCUT2D eigenvalue weighted by Gasteiger charge is -2.29. The smallest absolute Gasteiger partial charge is 0.219 e. The maximum atomic E-state index is 6.48. The minimum absolute atomic E-state index is 0.648. The SMILES string of the molecule is CCO[Si](C)(C)c1ccccc1C#Cc1cc([Si](C)(C)OCC)c(C#Cc2ccccc2[Si](C)(C)OCC)cc1[Si](C)(C)OCC. The summed E-state index contributed by atoms with van der Waals surface area (Å²) in [7, 11) is -8.90. The molecule has 0 atom stereocenters. The Hall–Kier alpha value is -2.51. The van der Waals surface area contributed by atoms with E-state index >= 15 is 0 Å². The zero-order chi connectivity index (χ0) is 34.2. The number of benzene rings is 3. The van der Waals surface area contributed by atoms with Crippen molar-refractivity contribution in [3.63, 3.8) is 0 Å². The molecule has 0 aliphatic heterocycles. The number of hydrogen-bond donors (Lipinski definition) is 0. The third-order valence-corrected chi connectivity index (χ3v) is 19.2. The minimum Gasteiger partial charge on any atom is -0.413 e. The third kappa shape index (κ3) is 9.31. The minimum atomic E-state index is -2.34. The second-order valence-corrected chi connectivity index (χ2v) is 28.7. The normalized spacial score (nSPS) is 12.3. The van der Waals surface area contributed by atoms with E-state index in [2.05, 4.69) is 164 Å². The van der Waals surface area contributed by atoms with Gasteiger partial charge in [-0.2, -0.15) is 0 Å². The zero-order valence-electron chi connectivity index (χ0n) is 30.2. The molecular formula is C38H54O4Si4. The summed E-state index contributed by atoms with van der Waals surface area (Å²) < 4.78 is 25.5. The lowest BCUT2D eigenvalue weighted by Crippen LogP contribution is -2.51. The number of rotatable bonds is 12. The van der Waals surface area contributed by atoms with Crippen LogP contribution in [0.25, 0.3) is 0 Å². The molecule has 0 heterocycles. The monoisotopic (exact) mass is 686 g/mol. The predicted molar refractivity (Wildman–Crippen MR) is 206 cm³/mol. The molecule has 0 fully saturated rings. The van der Waals surface area contributed by atoms with E-state index in [9.17, 15) is 0 Å². The van der Waals surface area contributed by atoms with Crippen LogP contribution >= 0.6 is 0 Å². The van der Waals surface area contributed by atoms with E-state index in [0.29, 0.717) is 26.4 Å². The lowest BCUT2D eigenvalue weighted by atomic mass is 10.1. The fourth-order valence-corrected chi connectivity index (χ4v) is 14.7. The highest BCUT2D eigenvalue weighted by molar-refractivity contribution is 6.87. The highest BCUT2D eigenvalue weighted by Crippen LogP contribution is 2.17. The average Bonchev–Trinajstić information content (AvgIpc) is 2.99. The predicted octanol–water partition coefficient (Wildman–Crippen LogP) is 6.28. The van der Waals surface area contributed by atoms with Gasteiger partial charge in [-0.05, 0) is 125 Å². The summed E-state index contributed by atoms with van der Waals surface area (Å²) in [5.74, 6) is 14.4. The summed E-state index contributed by atoms with van der Waals surface area (Å²) >= 11 is 0. The zero-order valence-corrected chi connectivity index (χ0v) is 34.2. The van der Waals surface area contributed by atoms with Crippen LogP contribution in [-0.4, -0.2) is 59.7 Å². The van der Waals surface area contributed by atoms with Crippen molar-refractivity contribution in [2.45, 2.75) is 80.1 Å². The first-order valence-electron chi connectivity index (χ1n) is 16.6. The molecule has 3 rings (SSSR count). The molecule has 0 unspecified atom stereocenters. The van der Waals surface area contributed by atoms with E-state index in [1.165, 1.54) is 10.4 Å². The van der Waals surface area contributed by atoms with Gasteiger partial charge in [0.1, 0.15) is 0 Å². The molecular weight excluding hydrogens is 633 g/mol. The molecule has 0 radical (unpaired) electrons. The second-order valence-electron chi connectivity index (χ2n) is 13.3. The molecule has 8 heteroatoms. The highest BCUT2D eigenvalue weighted by Gasteiger charge is 2.34. The molecule has 246 valence electrons. The van der Waals surface area contributed by atoms with Crippen molar-refractivity contribution in [1.29, 1.82) is 0 Å². The van der Waals surface area contributed by atoms with E-state index < -0.39 is 33.3 Å². The maximum Gasteiger partial charge on any atom is 0.219 e. The van der Waals surface area contributed by atoms with Crippen LogP contribution in [-0.2, 0) is 17.7 Å². The first-order chi connectivity index (χ1) is 21.6. The van der Waals surface area contributed by atoms with Crippen LogP contribution in [0.1, 0.15) is 49.9 Å². The van der Waals surface area contributed by atoms with Crippen LogP contribution < -0.4 is 20.7 Å². The quantitative estimate of drug-likeness (QED) is 0.166. The largest absolute Gasteiger partial charge is 0.413 e. The van der Waals surface area contributed by atoms with Gasteiger partial charge in [0.05, 0.1) is 0 Å². The van der Waals surface area contributed by atoms with E-state index in [1.54, 1.807) is 0 Å². The van der Waals surface area contributed by atoms with Crippen LogP contribution in [0.15, 0.2) is 60.7 Å². The molecule has 0 N–H and O–H groups in total. The van der Waals surface area contributed by atoms with Crippen molar-refractivity contribution in [2.24, 2.45) is 0 Å². The van der Waals surface area contributed by atoms with Crippen molar-refractivity contribution >= 4 is 54.0 Å². The van der Waals surface area contributed by atoms with Gasteiger partial charge in [0, 0.05) is 48.7 Å². The van der Waals surface area contributed by atoms with Crippen LogP contribution in [0.5, 0.6) is 0 Å². The fraction of sp³-hybridized carbons (Fsp3) is 0.421. The van der Waals surface area contributed by atoms with Gasteiger partial charge in [0.25, 0.3) is 0 Å². The van der Waals surface area contributed by atoms with Gasteiger partial charge in [-0.1, -0.05) is 60.1 Å². The standard InChI is InChI=1S/C38H54O4Si4/c1-13-39-43(5,6)35-23-19-17-21-31(35)25-27-33-29-38(46(11,12)42-16-4)34(30-37(33)45(9,10)41-15-3)28-26-32-22-18-20-24-36(32)44(7,8)40-14-2/h17-24,29-30H,13-16H2,1-12H3. The molecule has 0 amide bonds. The molecule has 46 heavy (non-hydrogen) atoms. The Bertz CT molecular complexity index is 1500. The average molecular weight is 687 g/mol. The summed E-state index contributed by atoms with van der Waals surface area (Å²) in [5, 5.41) is 4.76. The Balaban J connectivity index is 2.34. The van der Waals surface area contributed by atoms with Crippen LogP contribution in [0.4, 0.5) is 0 Å². The molecule has 4 nitrogen and oxygen atoms in total. The molecule has 0 saturated heterocycles. The first-order valence-corrected chi connectivity index (χ1v) is 28.2. The summed E-state index contributed by atoms with van der Waals surface area (Å²) in [5.41, 5.74) is 4.06. The Morgan fingerprint density at radius 1 is 0.391 bits per heavy atom. The molecule has 0 aliphatic carbocycles. The Kier molecular flexibility index (Phi) is 13.2. The van der Waals surface area contributed by atoms with Gasteiger partial charge in [0.15, 0.2) is 0 Å². The maximum absolute atomic E-state index is 6.48. The van der Waals surface area contributed by atoms with Crippen molar-refractivity contribution in [2.75, 3.05) is 26.4 Å². The van der Waals surface area contributed by atoms with Crippen molar-refractivity contribution in [3.05, 3.63) is 82.9 Å². The van der Waals surface area contributed by atoms with Gasteiger partial charge >= 0.3 is 0 Å². The first kappa shape index (κ1) is 37.9. The molecule has 0 aliphatic rings. The molecule has 3 aromatic carbocycles. The van der Waals surface area contributed by atoms with Gasteiger partial charge < -0.3 is 17.7 Å². The van der Waals surface area contributed by atoms with Crippen molar-refractivity contribution in [3.8, 4) is 23.7 Å². The summed E-state index contributed by atoms with van der Waals surface area (Å²) in [4.78, 5) is 0. The van der Waals surface area contributed by atoms with E-state index in [0.717, 1.165) is 32.6 Å². The van der Waals surface area contributed by atoms with Crippen molar-refractivity contribution in [1.82, 2.24) is 0 Å². The topological polar surface area (TPSA) is 36.9 Å². The molecule has 0 saturated carbocycles. The summed E-state index contributed by atoms with van der Waals surface area (Å²) in [6, 6.07) is 21.4. The van der Waals surface area contributed by atoms with Gasteiger partial charge in [-0.3, -0.25) is 0 Å². The summed E-state index contributed by atoms with van der Waals surface area (Å²) in [6.45, 7) is 28.9. The van der Waals surface area contributed by atoms with E-state index in [1.807, 2.05) is 0 Å². The second kappa shape index (κ2) is 16.1. The van der Waals surface area contributed by atoms with Gasteiger partial charge in [-0.15, -0.1) is 0 Å². The lowest BCUT2D eigenvalue weighted by molar-refractivity contribution is 0.338. The van der Waals surface area contributed by atoms with Crippen LogP contribution in [0.2, 0.25) is 52.4 Å². The van der Waals surface area contributed by atoms with Crippen molar-refractivity contribution < 1.29 is 17.7 Å². The van der Waals surface area contributed by atoms with Crippen LogP contribution in [0, 0.1) is 23.7 Å². The van der Waals surface area contributed by atoms with Gasteiger partial charge in [-0.25, -0.2) is 0 Å². The Morgan fingerprint density at radius 3 is 0.957 bits per heavy atom. The Morgan fingerprint density at radius 2 is 0.652 bits per heavy atom. The third-order valence-electron chi connectivity index (χ3n) is 8.29. The van der Waals surface area contributed by atoms with Gasteiger partial charge in [0.2, 0.25) is 33.3 Å².